The molecular formula is C21H19BrF3N3O3. The van der Waals surface area contributed by atoms with Crippen LogP contribution in [0.3, 0.4) is 0 Å². The topological polar surface area (TPSA) is 62.7 Å². The SMILES string of the molecule is O=C(C1CC(=O)N(c2cccc(Br)c2)C1)N1CCC(Oc2cc(C(F)(F)F)ccn2)C1. The van der Waals surface area contributed by atoms with Crippen molar-refractivity contribution in [1.82, 2.24) is 9.88 Å². The number of aromatic nitrogens is 1. The lowest BCUT2D eigenvalue weighted by Gasteiger charge is -2.21. The molecule has 2 unspecified atom stereocenters. The molecule has 0 N–H and O–H groups in total. The summed E-state index contributed by atoms with van der Waals surface area (Å²) in [6, 6.07) is 9.06. The fraction of sp³-hybridized carbons (Fsp3) is 0.381. The van der Waals surface area contributed by atoms with Gasteiger partial charge in [-0.25, -0.2) is 4.98 Å². The van der Waals surface area contributed by atoms with Gasteiger partial charge in [0.1, 0.15) is 6.10 Å². The number of hydrogen-bond acceptors (Lipinski definition) is 4. The molecule has 2 aromatic rings. The van der Waals surface area contributed by atoms with Crippen LogP contribution in [0.1, 0.15) is 18.4 Å². The van der Waals surface area contributed by atoms with Gasteiger partial charge in [-0.2, -0.15) is 13.2 Å². The average molecular weight is 498 g/mol. The van der Waals surface area contributed by atoms with Gasteiger partial charge in [0.05, 0.1) is 18.0 Å². The lowest BCUT2D eigenvalue weighted by atomic mass is 10.1. The molecule has 0 spiro atoms. The molecule has 1 aromatic carbocycles. The molecule has 2 fully saturated rings. The van der Waals surface area contributed by atoms with E-state index in [-0.39, 0.29) is 30.7 Å². The van der Waals surface area contributed by atoms with Crippen molar-refractivity contribution in [2.24, 2.45) is 5.92 Å². The van der Waals surface area contributed by atoms with E-state index in [9.17, 15) is 22.8 Å². The molecule has 0 saturated carbocycles. The first-order valence-electron chi connectivity index (χ1n) is 9.75. The number of halogens is 4. The van der Waals surface area contributed by atoms with E-state index >= 15 is 0 Å². The van der Waals surface area contributed by atoms with E-state index < -0.39 is 23.8 Å². The molecule has 164 valence electrons. The van der Waals surface area contributed by atoms with E-state index in [1.165, 1.54) is 0 Å². The Bertz CT molecular complexity index is 1000. The Balaban J connectivity index is 1.36. The van der Waals surface area contributed by atoms with E-state index in [2.05, 4.69) is 20.9 Å². The summed E-state index contributed by atoms with van der Waals surface area (Å²) in [5.74, 6) is -0.839. The normalized spacial score (nSPS) is 21.6. The van der Waals surface area contributed by atoms with Gasteiger partial charge in [-0.15, -0.1) is 0 Å². The Kier molecular flexibility index (Phi) is 5.92. The predicted molar refractivity (Wildman–Crippen MR) is 109 cm³/mol. The van der Waals surface area contributed by atoms with Crippen LogP contribution in [0.25, 0.3) is 0 Å². The molecule has 0 bridgehead atoms. The maximum absolute atomic E-state index is 12.9. The third-order valence-corrected chi connectivity index (χ3v) is 5.89. The first kappa shape index (κ1) is 21.6. The van der Waals surface area contributed by atoms with Crippen molar-refractivity contribution in [3.63, 3.8) is 0 Å². The summed E-state index contributed by atoms with van der Waals surface area (Å²) in [6.07, 6.45) is -3.26. The zero-order chi connectivity index (χ0) is 22.2. The molecular weight excluding hydrogens is 479 g/mol. The Labute approximate surface area is 185 Å². The highest BCUT2D eigenvalue weighted by Gasteiger charge is 2.39. The molecule has 2 atom stereocenters. The van der Waals surface area contributed by atoms with Crippen molar-refractivity contribution in [3.05, 3.63) is 52.6 Å². The van der Waals surface area contributed by atoms with E-state index in [0.717, 1.165) is 28.5 Å². The summed E-state index contributed by atoms with van der Waals surface area (Å²) in [5, 5.41) is 0. The second-order valence-corrected chi connectivity index (χ2v) is 8.49. The highest BCUT2D eigenvalue weighted by Crippen LogP contribution is 2.32. The zero-order valence-electron chi connectivity index (χ0n) is 16.3. The van der Waals surface area contributed by atoms with Crippen molar-refractivity contribution in [1.29, 1.82) is 0 Å². The summed E-state index contributed by atoms with van der Waals surface area (Å²) in [5.41, 5.74) is -0.103. The first-order chi connectivity index (χ1) is 14.7. The van der Waals surface area contributed by atoms with Crippen LogP contribution in [-0.4, -0.2) is 47.4 Å². The fourth-order valence-electron chi connectivity index (χ4n) is 3.87. The maximum atomic E-state index is 12.9. The predicted octanol–water partition coefficient (Wildman–Crippen LogP) is 3.90. The molecule has 3 heterocycles. The van der Waals surface area contributed by atoms with Gasteiger partial charge in [0.25, 0.3) is 0 Å². The number of rotatable bonds is 4. The van der Waals surface area contributed by atoms with Gasteiger partial charge in [-0.05, 0) is 24.3 Å². The molecule has 2 aliphatic rings. The number of hydrogen-bond donors (Lipinski definition) is 0. The van der Waals surface area contributed by atoms with Crippen molar-refractivity contribution in [3.8, 4) is 5.88 Å². The molecule has 0 radical (unpaired) electrons. The van der Waals surface area contributed by atoms with Crippen LogP contribution >= 0.6 is 15.9 Å². The number of likely N-dealkylation sites (tertiary alicyclic amines) is 1. The lowest BCUT2D eigenvalue weighted by molar-refractivity contribution is -0.137. The first-order valence-corrected chi connectivity index (χ1v) is 10.5. The van der Waals surface area contributed by atoms with Crippen LogP contribution in [0, 0.1) is 5.92 Å². The minimum atomic E-state index is -4.48. The van der Waals surface area contributed by atoms with E-state index in [1.54, 1.807) is 9.80 Å². The molecule has 4 rings (SSSR count). The molecule has 2 aliphatic heterocycles. The number of ether oxygens (including phenoxy) is 1. The molecule has 2 amide bonds. The average Bonchev–Trinajstić information content (AvgIpc) is 3.34. The van der Waals surface area contributed by atoms with Crippen LogP contribution in [-0.2, 0) is 15.8 Å². The molecule has 0 aliphatic carbocycles. The van der Waals surface area contributed by atoms with Crippen LogP contribution in [0.4, 0.5) is 18.9 Å². The fourth-order valence-corrected chi connectivity index (χ4v) is 4.26. The van der Waals surface area contributed by atoms with Crippen molar-refractivity contribution in [2.45, 2.75) is 25.1 Å². The summed E-state index contributed by atoms with van der Waals surface area (Å²) < 4.78 is 45.0. The molecule has 6 nitrogen and oxygen atoms in total. The highest BCUT2D eigenvalue weighted by molar-refractivity contribution is 9.10. The minimum Gasteiger partial charge on any atom is -0.472 e. The number of carbonyl (C=O) groups is 2. The maximum Gasteiger partial charge on any atom is 0.416 e. The van der Waals surface area contributed by atoms with Gasteiger partial charge >= 0.3 is 6.18 Å². The number of pyridine rings is 1. The number of carbonyl (C=O) groups excluding carboxylic acids is 2. The van der Waals surface area contributed by atoms with Gasteiger partial charge in [-0.1, -0.05) is 22.0 Å². The molecule has 1 aromatic heterocycles. The number of alkyl halides is 3. The standard InChI is InChI=1S/C21H19BrF3N3O3/c22-15-2-1-3-16(10-15)28-11-13(8-19(28)29)20(30)27-7-5-17(12-27)31-18-9-14(4-6-26-18)21(23,24)25/h1-4,6,9-10,13,17H,5,7-8,11-12H2. The monoisotopic (exact) mass is 497 g/mol. The molecule has 31 heavy (non-hydrogen) atoms. The quantitative estimate of drug-likeness (QED) is 0.642. The summed E-state index contributed by atoms with van der Waals surface area (Å²) >= 11 is 3.38. The number of anilines is 1. The minimum absolute atomic E-state index is 0.114. The van der Waals surface area contributed by atoms with Crippen molar-refractivity contribution < 1.29 is 27.5 Å². The summed E-state index contributed by atoms with van der Waals surface area (Å²) in [6.45, 7) is 0.966. The smallest absolute Gasteiger partial charge is 0.416 e. The van der Waals surface area contributed by atoms with E-state index in [0.29, 0.717) is 19.5 Å². The van der Waals surface area contributed by atoms with Gasteiger partial charge < -0.3 is 14.5 Å². The Morgan fingerprint density at radius 2 is 2.00 bits per heavy atom. The third-order valence-electron chi connectivity index (χ3n) is 5.40. The summed E-state index contributed by atoms with van der Waals surface area (Å²) in [7, 11) is 0. The van der Waals surface area contributed by atoms with Gasteiger partial charge in [0.2, 0.25) is 17.7 Å². The zero-order valence-corrected chi connectivity index (χ0v) is 17.9. The second-order valence-electron chi connectivity index (χ2n) is 7.58. The number of nitrogens with zero attached hydrogens (tertiary/aromatic N) is 3. The third kappa shape index (κ3) is 4.84. The van der Waals surface area contributed by atoms with Crippen molar-refractivity contribution >= 4 is 33.4 Å². The van der Waals surface area contributed by atoms with Gasteiger partial charge in [0.15, 0.2) is 0 Å². The Morgan fingerprint density at radius 1 is 1.19 bits per heavy atom. The highest BCUT2D eigenvalue weighted by atomic mass is 79.9. The largest absolute Gasteiger partial charge is 0.472 e. The Morgan fingerprint density at radius 3 is 2.74 bits per heavy atom. The lowest BCUT2D eigenvalue weighted by Crippen LogP contribution is -2.37. The van der Waals surface area contributed by atoms with Gasteiger partial charge in [-0.3, -0.25) is 9.59 Å². The van der Waals surface area contributed by atoms with Crippen LogP contribution in [0.5, 0.6) is 5.88 Å². The molecule has 2 saturated heterocycles. The Hall–Kier alpha value is -2.62. The summed E-state index contributed by atoms with van der Waals surface area (Å²) in [4.78, 5) is 32.4. The number of amides is 2. The van der Waals surface area contributed by atoms with Crippen LogP contribution < -0.4 is 9.64 Å². The van der Waals surface area contributed by atoms with Crippen LogP contribution in [0.15, 0.2) is 47.1 Å². The van der Waals surface area contributed by atoms with E-state index in [1.807, 2.05) is 24.3 Å². The number of benzene rings is 1. The van der Waals surface area contributed by atoms with Crippen LogP contribution in [0.2, 0.25) is 0 Å². The van der Waals surface area contributed by atoms with Crippen molar-refractivity contribution in [2.75, 3.05) is 24.5 Å². The van der Waals surface area contributed by atoms with E-state index in [4.69, 9.17) is 4.74 Å². The second kappa shape index (κ2) is 8.49. The molecule has 10 heteroatoms. The van der Waals surface area contributed by atoms with Gasteiger partial charge in [0, 0.05) is 48.4 Å².